The van der Waals surface area contributed by atoms with Crippen LogP contribution in [-0.2, 0) is 14.4 Å². The van der Waals surface area contributed by atoms with E-state index >= 15 is 0 Å². The first kappa shape index (κ1) is 12.6. The SMILES string of the molecule is CC(=O)C(C)NC(=O)C(C)CC(=O)O. The van der Waals surface area contributed by atoms with Crippen LogP contribution in [0.5, 0.6) is 0 Å². The molecule has 2 unspecified atom stereocenters. The van der Waals surface area contributed by atoms with E-state index in [0.29, 0.717) is 0 Å². The molecule has 0 aromatic rings. The molecule has 2 atom stereocenters. The van der Waals surface area contributed by atoms with Gasteiger partial charge in [0, 0.05) is 5.92 Å². The molecule has 0 saturated heterocycles. The molecule has 0 aromatic carbocycles. The highest BCUT2D eigenvalue weighted by atomic mass is 16.4. The van der Waals surface area contributed by atoms with E-state index in [-0.39, 0.29) is 12.2 Å². The standard InChI is InChI=1S/C9H15NO4/c1-5(4-8(12)13)9(14)10-6(2)7(3)11/h5-6H,4H2,1-3H3,(H,10,14)(H,12,13). The summed E-state index contributed by atoms with van der Waals surface area (Å²) in [6, 6.07) is -0.557. The zero-order chi connectivity index (χ0) is 11.3. The quantitative estimate of drug-likeness (QED) is 0.665. The van der Waals surface area contributed by atoms with Gasteiger partial charge in [0.1, 0.15) is 0 Å². The number of hydrogen-bond donors (Lipinski definition) is 2. The summed E-state index contributed by atoms with van der Waals surface area (Å²) in [6.07, 6.45) is -0.226. The van der Waals surface area contributed by atoms with Crippen LogP contribution in [0.15, 0.2) is 0 Å². The molecule has 5 nitrogen and oxygen atoms in total. The Labute approximate surface area is 82.5 Å². The van der Waals surface area contributed by atoms with Crippen molar-refractivity contribution in [2.45, 2.75) is 33.2 Å². The molecule has 0 spiro atoms. The topological polar surface area (TPSA) is 83.5 Å². The Hall–Kier alpha value is -1.39. The van der Waals surface area contributed by atoms with E-state index in [4.69, 9.17) is 5.11 Å². The second kappa shape index (κ2) is 5.36. The maximum absolute atomic E-state index is 11.3. The maximum atomic E-state index is 11.3. The minimum absolute atomic E-state index is 0.152. The number of carboxylic acid groups (broad SMARTS) is 1. The molecule has 0 aliphatic rings. The number of aliphatic carboxylic acids is 1. The van der Waals surface area contributed by atoms with E-state index in [1.807, 2.05) is 0 Å². The van der Waals surface area contributed by atoms with Crippen molar-refractivity contribution in [1.29, 1.82) is 0 Å². The second-order valence-corrected chi connectivity index (χ2v) is 3.34. The summed E-state index contributed by atoms with van der Waals surface area (Å²) in [6.45, 7) is 4.44. The van der Waals surface area contributed by atoms with Crippen molar-refractivity contribution < 1.29 is 19.5 Å². The van der Waals surface area contributed by atoms with Crippen molar-refractivity contribution in [1.82, 2.24) is 5.32 Å². The zero-order valence-corrected chi connectivity index (χ0v) is 8.53. The van der Waals surface area contributed by atoms with Crippen molar-refractivity contribution in [2.24, 2.45) is 5.92 Å². The average Bonchev–Trinajstić information content (AvgIpc) is 2.02. The van der Waals surface area contributed by atoms with Gasteiger partial charge < -0.3 is 10.4 Å². The largest absolute Gasteiger partial charge is 0.481 e. The van der Waals surface area contributed by atoms with Crippen molar-refractivity contribution in [3.8, 4) is 0 Å². The van der Waals surface area contributed by atoms with E-state index in [1.54, 1.807) is 6.92 Å². The van der Waals surface area contributed by atoms with Crippen molar-refractivity contribution >= 4 is 17.7 Å². The fraction of sp³-hybridized carbons (Fsp3) is 0.667. The minimum atomic E-state index is -1.02. The number of carbonyl (C=O) groups excluding carboxylic acids is 2. The number of carbonyl (C=O) groups is 3. The Balaban J connectivity index is 4.07. The molecule has 2 N–H and O–H groups in total. The second-order valence-electron chi connectivity index (χ2n) is 3.34. The van der Waals surface area contributed by atoms with Crippen LogP contribution in [0.1, 0.15) is 27.2 Å². The molecule has 14 heavy (non-hydrogen) atoms. The van der Waals surface area contributed by atoms with Crippen LogP contribution in [0.4, 0.5) is 0 Å². The average molecular weight is 201 g/mol. The molecular weight excluding hydrogens is 186 g/mol. The predicted molar refractivity (Wildman–Crippen MR) is 49.7 cm³/mol. The molecule has 1 amide bonds. The third-order valence-corrected chi connectivity index (χ3v) is 1.90. The van der Waals surface area contributed by atoms with Gasteiger partial charge in [0.05, 0.1) is 12.5 Å². The van der Waals surface area contributed by atoms with Crippen molar-refractivity contribution in [3.05, 3.63) is 0 Å². The van der Waals surface area contributed by atoms with Gasteiger partial charge in [-0.2, -0.15) is 0 Å². The van der Waals surface area contributed by atoms with Crippen LogP contribution in [0.2, 0.25) is 0 Å². The van der Waals surface area contributed by atoms with Gasteiger partial charge >= 0.3 is 5.97 Å². The minimum Gasteiger partial charge on any atom is -0.481 e. The molecule has 0 fully saturated rings. The number of nitrogens with one attached hydrogen (secondary N) is 1. The molecule has 0 saturated carbocycles. The van der Waals surface area contributed by atoms with E-state index < -0.39 is 23.8 Å². The number of ketones is 1. The van der Waals surface area contributed by atoms with Gasteiger partial charge in [0.2, 0.25) is 5.91 Å². The van der Waals surface area contributed by atoms with E-state index in [1.165, 1.54) is 13.8 Å². The van der Waals surface area contributed by atoms with Gasteiger partial charge in [0.15, 0.2) is 5.78 Å². The predicted octanol–water partition coefficient (Wildman–Crippen LogP) is 0.191. The van der Waals surface area contributed by atoms with Gasteiger partial charge in [-0.3, -0.25) is 14.4 Å². The van der Waals surface area contributed by atoms with Crippen LogP contribution in [0, 0.1) is 5.92 Å². The summed E-state index contributed by atoms with van der Waals surface area (Å²) >= 11 is 0. The van der Waals surface area contributed by atoms with Gasteiger partial charge in [-0.25, -0.2) is 0 Å². The molecule has 0 rings (SSSR count). The summed E-state index contributed by atoms with van der Waals surface area (Å²) in [4.78, 5) is 32.3. The number of Topliss-reactive ketones (excluding diaryl/α,β-unsaturated/α-hetero) is 1. The lowest BCUT2D eigenvalue weighted by Gasteiger charge is -2.13. The Morgan fingerprint density at radius 2 is 1.79 bits per heavy atom. The van der Waals surface area contributed by atoms with Crippen LogP contribution >= 0.6 is 0 Å². The first-order valence-corrected chi connectivity index (χ1v) is 4.37. The fourth-order valence-electron chi connectivity index (χ4n) is 0.812. The van der Waals surface area contributed by atoms with Gasteiger partial charge in [-0.05, 0) is 13.8 Å². The highest BCUT2D eigenvalue weighted by Crippen LogP contribution is 2.02. The monoisotopic (exact) mass is 201 g/mol. The van der Waals surface area contributed by atoms with Crippen molar-refractivity contribution in [3.63, 3.8) is 0 Å². The van der Waals surface area contributed by atoms with Crippen molar-refractivity contribution in [2.75, 3.05) is 0 Å². The number of hydrogen-bond acceptors (Lipinski definition) is 3. The lowest BCUT2D eigenvalue weighted by molar-refractivity contribution is -0.141. The highest BCUT2D eigenvalue weighted by Gasteiger charge is 2.19. The molecule has 0 aliphatic heterocycles. The summed E-state index contributed by atoms with van der Waals surface area (Å²) in [5.41, 5.74) is 0. The summed E-state index contributed by atoms with van der Waals surface area (Å²) < 4.78 is 0. The first-order valence-electron chi connectivity index (χ1n) is 4.37. The van der Waals surface area contributed by atoms with Gasteiger partial charge in [-0.1, -0.05) is 6.92 Å². The van der Waals surface area contributed by atoms with Crippen LogP contribution in [-0.4, -0.2) is 28.8 Å². The smallest absolute Gasteiger partial charge is 0.304 e. The maximum Gasteiger partial charge on any atom is 0.304 e. The molecule has 0 radical (unpaired) electrons. The lowest BCUT2D eigenvalue weighted by atomic mass is 10.1. The molecule has 5 heteroatoms. The van der Waals surface area contributed by atoms with E-state index in [0.717, 1.165) is 0 Å². The number of amides is 1. The summed E-state index contributed by atoms with van der Waals surface area (Å²) in [7, 11) is 0. The summed E-state index contributed by atoms with van der Waals surface area (Å²) in [5.74, 6) is -2.20. The fourth-order valence-corrected chi connectivity index (χ4v) is 0.812. The number of carboxylic acids is 1. The third-order valence-electron chi connectivity index (χ3n) is 1.90. The van der Waals surface area contributed by atoms with Crippen LogP contribution in [0.3, 0.4) is 0 Å². The van der Waals surface area contributed by atoms with Crippen LogP contribution in [0.25, 0.3) is 0 Å². The molecule has 0 aliphatic carbocycles. The molecule has 0 heterocycles. The lowest BCUT2D eigenvalue weighted by Crippen LogP contribution is -2.40. The van der Waals surface area contributed by atoms with Gasteiger partial charge in [-0.15, -0.1) is 0 Å². The van der Waals surface area contributed by atoms with Gasteiger partial charge in [0.25, 0.3) is 0 Å². The molecular formula is C9H15NO4. The summed E-state index contributed by atoms with van der Waals surface area (Å²) in [5, 5.41) is 10.9. The Kier molecular flexibility index (Phi) is 4.83. The van der Waals surface area contributed by atoms with E-state index in [9.17, 15) is 14.4 Å². The molecule has 0 bridgehead atoms. The first-order chi connectivity index (χ1) is 6.34. The molecule has 0 aromatic heterocycles. The zero-order valence-electron chi connectivity index (χ0n) is 8.53. The Bertz CT molecular complexity index is 249. The normalized spacial score (nSPS) is 14.2. The third kappa shape index (κ3) is 4.59. The van der Waals surface area contributed by atoms with Crippen LogP contribution < -0.4 is 5.32 Å². The number of rotatable bonds is 5. The molecule has 80 valence electrons. The Morgan fingerprint density at radius 1 is 1.29 bits per heavy atom. The Morgan fingerprint density at radius 3 is 2.14 bits per heavy atom. The highest BCUT2D eigenvalue weighted by molar-refractivity contribution is 5.89. The van der Waals surface area contributed by atoms with E-state index in [2.05, 4.69) is 5.32 Å².